The molecule has 1 aromatic carbocycles. The van der Waals surface area contributed by atoms with Gasteiger partial charge in [-0.15, -0.1) is 0 Å². The zero-order chi connectivity index (χ0) is 7.56. The lowest BCUT2D eigenvalue weighted by Gasteiger charge is -1.96. The molecule has 0 heterocycles. The van der Waals surface area contributed by atoms with Gasteiger partial charge in [0.15, 0.2) is 5.75 Å². The molecule has 0 amide bonds. The van der Waals surface area contributed by atoms with Gasteiger partial charge in [0, 0.05) is 10.6 Å². The molecule has 0 saturated carbocycles. The Labute approximate surface area is 65.3 Å². The molecule has 0 bridgehead atoms. The Kier molecular flexibility index (Phi) is 2.17. The Morgan fingerprint density at radius 2 is 2.20 bits per heavy atom. The fourth-order valence-electron chi connectivity index (χ4n) is 0.824. The van der Waals surface area contributed by atoms with Crippen LogP contribution in [0.25, 0.3) is 0 Å². The molecular formula is C8H8ClO. The smallest absolute Gasteiger partial charge is 0.181 e. The van der Waals surface area contributed by atoms with Gasteiger partial charge in [-0.3, -0.25) is 5.11 Å². The van der Waals surface area contributed by atoms with Crippen LogP contribution in [0.2, 0.25) is 5.02 Å². The highest BCUT2D eigenvalue weighted by atomic mass is 35.5. The molecule has 0 spiro atoms. The van der Waals surface area contributed by atoms with Gasteiger partial charge >= 0.3 is 0 Å². The van der Waals surface area contributed by atoms with Crippen molar-refractivity contribution in [2.24, 2.45) is 0 Å². The second-order valence-corrected chi connectivity index (χ2v) is 2.54. The second kappa shape index (κ2) is 2.93. The average molecular weight is 156 g/mol. The molecule has 1 nitrogen and oxygen atoms in total. The van der Waals surface area contributed by atoms with E-state index in [1.807, 2.05) is 6.92 Å². The van der Waals surface area contributed by atoms with Crippen LogP contribution in [0.1, 0.15) is 12.5 Å². The Morgan fingerprint density at radius 1 is 1.50 bits per heavy atom. The molecule has 0 atom stereocenters. The van der Waals surface area contributed by atoms with Crippen molar-refractivity contribution in [2.75, 3.05) is 0 Å². The molecule has 0 aliphatic carbocycles. The number of rotatable bonds is 1. The summed E-state index contributed by atoms with van der Waals surface area (Å²) >= 11 is 5.66. The molecule has 0 saturated heterocycles. The zero-order valence-corrected chi connectivity index (χ0v) is 6.48. The summed E-state index contributed by atoms with van der Waals surface area (Å²) in [6, 6.07) is 4.83. The van der Waals surface area contributed by atoms with E-state index in [0.717, 1.165) is 12.0 Å². The average Bonchev–Trinajstić information content (AvgIpc) is 1.94. The number of aryl methyl sites for hydroxylation is 1. The van der Waals surface area contributed by atoms with Crippen LogP contribution in [-0.2, 0) is 11.5 Å². The minimum atomic E-state index is 0.0758. The van der Waals surface area contributed by atoms with Crippen LogP contribution >= 0.6 is 11.6 Å². The van der Waals surface area contributed by atoms with Crippen LogP contribution < -0.4 is 0 Å². The van der Waals surface area contributed by atoms with E-state index in [9.17, 15) is 5.11 Å². The normalized spacial score (nSPS) is 9.80. The molecule has 10 heavy (non-hydrogen) atoms. The lowest BCUT2D eigenvalue weighted by Crippen LogP contribution is -1.78. The van der Waals surface area contributed by atoms with E-state index in [-0.39, 0.29) is 5.75 Å². The Balaban J connectivity index is 3.09. The van der Waals surface area contributed by atoms with Crippen LogP contribution in [-0.4, -0.2) is 0 Å². The maximum atomic E-state index is 10.9. The largest absolute Gasteiger partial charge is 0.290 e. The molecule has 0 fully saturated rings. The van der Waals surface area contributed by atoms with Crippen molar-refractivity contribution in [1.29, 1.82) is 0 Å². The fraction of sp³-hybridized carbons (Fsp3) is 0.250. The lowest BCUT2D eigenvalue weighted by atomic mass is 10.1. The van der Waals surface area contributed by atoms with Crippen LogP contribution in [0.15, 0.2) is 18.2 Å². The van der Waals surface area contributed by atoms with Crippen LogP contribution in [0.5, 0.6) is 5.75 Å². The van der Waals surface area contributed by atoms with Crippen molar-refractivity contribution < 1.29 is 5.11 Å². The van der Waals surface area contributed by atoms with Crippen molar-refractivity contribution in [1.82, 2.24) is 0 Å². The molecule has 1 rings (SSSR count). The Morgan fingerprint density at radius 3 is 2.70 bits per heavy atom. The molecule has 1 radical (unpaired) electrons. The minimum absolute atomic E-state index is 0.0758. The van der Waals surface area contributed by atoms with E-state index in [0.29, 0.717) is 5.02 Å². The number of hydrogen-bond donors (Lipinski definition) is 0. The maximum Gasteiger partial charge on any atom is 0.181 e. The van der Waals surface area contributed by atoms with Gasteiger partial charge in [0.25, 0.3) is 0 Å². The molecule has 0 aliphatic heterocycles. The Hall–Kier alpha value is -0.690. The molecular weight excluding hydrogens is 148 g/mol. The topological polar surface area (TPSA) is 19.9 Å². The van der Waals surface area contributed by atoms with Gasteiger partial charge in [0.1, 0.15) is 0 Å². The summed E-state index contributed by atoms with van der Waals surface area (Å²) in [5.41, 5.74) is 0.785. The molecule has 53 valence electrons. The number of benzene rings is 1. The van der Waals surface area contributed by atoms with Crippen LogP contribution in [0.4, 0.5) is 0 Å². The third-order valence-electron chi connectivity index (χ3n) is 1.40. The Bertz CT molecular complexity index is 233. The zero-order valence-electron chi connectivity index (χ0n) is 5.73. The van der Waals surface area contributed by atoms with Crippen molar-refractivity contribution in [3.8, 4) is 5.75 Å². The molecule has 2 heteroatoms. The second-order valence-electron chi connectivity index (χ2n) is 2.11. The molecule has 0 aromatic heterocycles. The molecule has 0 N–H and O–H groups in total. The van der Waals surface area contributed by atoms with Gasteiger partial charge in [-0.05, 0) is 24.6 Å². The molecule has 1 aromatic rings. The maximum absolute atomic E-state index is 10.9. The van der Waals surface area contributed by atoms with Gasteiger partial charge in [-0.1, -0.05) is 18.5 Å². The van der Waals surface area contributed by atoms with Crippen LogP contribution in [0, 0.1) is 0 Å². The van der Waals surface area contributed by atoms with E-state index in [1.54, 1.807) is 12.1 Å². The first kappa shape index (κ1) is 7.42. The first-order chi connectivity index (χ1) is 4.74. The quantitative estimate of drug-likeness (QED) is 0.594. The van der Waals surface area contributed by atoms with E-state index in [4.69, 9.17) is 11.6 Å². The fourth-order valence-corrected chi connectivity index (χ4v) is 1.02. The highest BCUT2D eigenvalue weighted by molar-refractivity contribution is 6.30. The highest BCUT2D eigenvalue weighted by Gasteiger charge is 1.99. The van der Waals surface area contributed by atoms with Gasteiger partial charge in [0.2, 0.25) is 0 Å². The third kappa shape index (κ3) is 1.42. The van der Waals surface area contributed by atoms with Crippen molar-refractivity contribution in [3.05, 3.63) is 28.8 Å². The lowest BCUT2D eigenvalue weighted by molar-refractivity contribution is 0.350. The monoisotopic (exact) mass is 155 g/mol. The summed E-state index contributed by atoms with van der Waals surface area (Å²) in [6.07, 6.45) is 0.749. The van der Waals surface area contributed by atoms with E-state index in [1.165, 1.54) is 6.07 Å². The van der Waals surface area contributed by atoms with Crippen molar-refractivity contribution >= 4 is 11.6 Å². The first-order valence-electron chi connectivity index (χ1n) is 3.19. The minimum Gasteiger partial charge on any atom is -0.290 e. The third-order valence-corrected chi connectivity index (χ3v) is 1.64. The van der Waals surface area contributed by atoms with Gasteiger partial charge in [-0.25, -0.2) is 0 Å². The number of hydrogen-bond acceptors (Lipinski definition) is 0. The van der Waals surface area contributed by atoms with Crippen molar-refractivity contribution in [2.45, 2.75) is 13.3 Å². The van der Waals surface area contributed by atoms with E-state index < -0.39 is 0 Å². The van der Waals surface area contributed by atoms with Gasteiger partial charge in [0.05, 0.1) is 0 Å². The molecule has 0 aliphatic rings. The highest BCUT2D eigenvalue weighted by Crippen LogP contribution is 2.21. The summed E-state index contributed by atoms with van der Waals surface area (Å²) in [7, 11) is 0. The van der Waals surface area contributed by atoms with Crippen molar-refractivity contribution in [3.63, 3.8) is 0 Å². The number of halogens is 1. The summed E-state index contributed by atoms with van der Waals surface area (Å²) < 4.78 is 0. The van der Waals surface area contributed by atoms with Gasteiger partial charge in [-0.2, -0.15) is 0 Å². The van der Waals surface area contributed by atoms with Crippen LogP contribution in [0.3, 0.4) is 0 Å². The predicted octanol–water partition coefficient (Wildman–Crippen LogP) is 3.05. The standard InChI is InChI=1S/C8H8ClO/c1-2-6-5-7(9)3-4-8(6)10/h3-5H,2H2,1H3. The molecule has 0 unspecified atom stereocenters. The summed E-state index contributed by atoms with van der Waals surface area (Å²) in [5.74, 6) is 0.0758. The predicted molar refractivity (Wildman–Crippen MR) is 41.0 cm³/mol. The summed E-state index contributed by atoms with van der Waals surface area (Å²) in [5, 5.41) is 11.6. The SMILES string of the molecule is CCc1cc(Cl)ccc1[O]. The van der Waals surface area contributed by atoms with Gasteiger partial charge < -0.3 is 0 Å². The first-order valence-corrected chi connectivity index (χ1v) is 3.57. The summed E-state index contributed by atoms with van der Waals surface area (Å²) in [4.78, 5) is 0. The van der Waals surface area contributed by atoms with E-state index >= 15 is 0 Å². The van der Waals surface area contributed by atoms with E-state index in [2.05, 4.69) is 0 Å². The summed E-state index contributed by atoms with van der Waals surface area (Å²) in [6.45, 7) is 1.94.